The Morgan fingerprint density at radius 1 is 0.815 bits per heavy atom. The van der Waals surface area contributed by atoms with Gasteiger partial charge in [0, 0.05) is 32.5 Å². The Balaban J connectivity index is -0.000000416. The zero-order valence-electron chi connectivity index (χ0n) is 18.5. The summed E-state index contributed by atoms with van der Waals surface area (Å²) in [5.41, 5.74) is 0. The normalized spacial score (nSPS) is 10.3. The number of rotatable bonds is 13. The number of hydrogen-bond donors (Lipinski definition) is 2. The van der Waals surface area contributed by atoms with Gasteiger partial charge in [-0.25, -0.2) is 0 Å². The summed E-state index contributed by atoms with van der Waals surface area (Å²) in [7, 11) is 4.01. The van der Waals surface area contributed by atoms with Crippen LogP contribution in [0.15, 0.2) is 0 Å². The van der Waals surface area contributed by atoms with Gasteiger partial charge in [-0.3, -0.25) is 9.59 Å². The molecular weight excluding hydrogens is 338 g/mol. The first-order chi connectivity index (χ1) is 12.2. The van der Waals surface area contributed by atoms with E-state index in [0.717, 1.165) is 51.7 Å². The standard InChI is InChI=1S/C11H24N2O.C10H21NO.CH4/c1-10(2)6-5-7-11(14)12-8-9-13(3)4;1-4-8-11-10(12)7-5-6-9(2)3;/h10H,5-9H2,1-4H3,(H,12,14);9H,4-8H2,1-3H3,(H,11,12);1H4. The highest BCUT2D eigenvalue weighted by molar-refractivity contribution is 5.76. The molecule has 0 aliphatic rings. The molecule has 164 valence electrons. The van der Waals surface area contributed by atoms with E-state index in [1.165, 1.54) is 0 Å². The molecule has 0 saturated heterocycles. The topological polar surface area (TPSA) is 61.4 Å². The number of carbonyl (C=O) groups excluding carboxylic acids is 2. The lowest BCUT2D eigenvalue weighted by molar-refractivity contribution is -0.122. The smallest absolute Gasteiger partial charge is 0.220 e. The predicted molar refractivity (Wildman–Crippen MR) is 119 cm³/mol. The number of hydrogen-bond acceptors (Lipinski definition) is 3. The lowest BCUT2D eigenvalue weighted by Gasteiger charge is -2.10. The van der Waals surface area contributed by atoms with Crippen molar-refractivity contribution in [2.24, 2.45) is 11.8 Å². The summed E-state index contributed by atoms with van der Waals surface area (Å²) in [6.07, 6.45) is 6.71. The van der Waals surface area contributed by atoms with Crippen molar-refractivity contribution in [1.82, 2.24) is 15.5 Å². The number of carbonyl (C=O) groups is 2. The molecule has 2 amide bonds. The molecule has 0 heterocycles. The Morgan fingerprint density at radius 3 is 1.56 bits per heavy atom. The Hall–Kier alpha value is -1.10. The van der Waals surface area contributed by atoms with Crippen LogP contribution in [-0.4, -0.2) is 50.4 Å². The number of likely N-dealkylation sites (N-methyl/N-ethyl adjacent to an activating group) is 1. The van der Waals surface area contributed by atoms with Crippen LogP contribution >= 0.6 is 0 Å². The van der Waals surface area contributed by atoms with Crippen molar-refractivity contribution < 1.29 is 9.59 Å². The summed E-state index contributed by atoms with van der Waals surface area (Å²) in [6, 6.07) is 0. The fraction of sp³-hybridized carbons (Fsp3) is 0.909. The summed E-state index contributed by atoms with van der Waals surface area (Å²) in [4.78, 5) is 24.4. The molecule has 0 radical (unpaired) electrons. The maximum atomic E-state index is 11.3. The molecule has 0 rings (SSSR count). The third-order valence-electron chi connectivity index (χ3n) is 3.82. The summed E-state index contributed by atoms with van der Waals surface area (Å²) < 4.78 is 0. The van der Waals surface area contributed by atoms with Gasteiger partial charge in [0.2, 0.25) is 11.8 Å². The Labute approximate surface area is 170 Å². The quantitative estimate of drug-likeness (QED) is 0.490. The van der Waals surface area contributed by atoms with Crippen LogP contribution in [0, 0.1) is 11.8 Å². The van der Waals surface area contributed by atoms with Gasteiger partial charge < -0.3 is 15.5 Å². The largest absolute Gasteiger partial charge is 0.356 e. The van der Waals surface area contributed by atoms with Crippen LogP contribution in [0.5, 0.6) is 0 Å². The van der Waals surface area contributed by atoms with E-state index in [0.29, 0.717) is 24.7 Å². The van der Waals surface area contributed by atoms with Crippen LogP contribution < -0.4 is 10.6 Å². The second-order valence-corrected chi connectivity index (χ2v) is 8.08. The van der Waals surface area contributed by atoms with E-state index < -0.39 is 0 Å². The molecule has 0 unspecified atom stereocenters. The van der Waals surface area contributed by atoms with Crippen molar-refractivity contribution in [2.75, 3.05) is 33.7 Å². The van der Waals surface area contributed by atoms with Gasteiger partial charge in [-0.2, -0.15) is 0 Å². The van der Waals surface area contributed by atoms with Crippen molar-refractivity contribution in [3.8, 4) is 0 Å². The maximum absolute atomic E-state index is 11.3. The third-order valence-corrected chi connectivity index (χ3v) is 3.82. The van der Waals surface area contributed by atoms with E-state index in [1.54, 1.807) is 0 Å². The number of nitrogens with zero attached hydrogens (tertiary/aromatic N) is 1. The minimum absolute atomic E-state index is 0. The minimum Gasteiger partial charge on any atom is -0.356 e. The Kier molecular flexibility index (Phi) is 24.0. The Morgan fingerprint density at radius 2 is 1.22 bits per heavy atom. The summed E-state index contributed by atoms with van der Waals surface area (Å²) in [5.74, 6) is 1.80. The fourth-order valence-electron chi connectivity index (χ4n) is 2.20. The van der Waals surface area contributed by atoms with Crippen LogP contribution in [0.3, 0.4) is 0 Å². The molecule has 0 aliphatic heterocycles. The Bertz CT molecular complexity index is 326. The molecule has 0 bridgehead atoms. The first-order valence-electron chi connectivity index (χ1n) is 10.4. The van der Waals surface area contributed by atoms with Gasteiger partial charge in [0.05, 0.1) is 0 Å². The zero-order valence-corrected chi connectivity index (χ0v) is 18.5. The molecule has 0 saturated carbocycles. The van der Waals surface area contributed by atoms with Gasteiger partial charge >= 0.3 is 0 Å². The van der Waals surface area contributed by atoms with Crippen LogP contribution in [0.25, 0.3) is 0 Å². The van der Waals surface area contributed by atoms with Crippen LogP contribution in [-0.2, 0) is 9.59 Å². The van der Waals surface area contributed by atoms with Crippen LogP contribution in [0.4, 0.5) is 0 Å². The first kappa shape index (κ1) is 30.6. The molecule has 27 heavy (non-hydrogen) atoms. The number of amides is 2. The monoisotopic (exact) mass is 387 g/mol. The van der Waals surface area contributed by atoms with Crippen molar-refractivity contribution in [2.45, 2.75) is 87.0 Å². The van der Waals surface area contributed by atoms with E-state index in [4.69, 9.17) is 0 Å². The highest BCUT2D eigenvalue weighted by atomic mass is 16.2. The molecule has 0 aromatic carbocycles. The lowest BCUT2D eigenvalue weighted by Crippen LogP contribution is -2.31. The zero-order chi connectivity index (χ0) is 20.4. The highest BCUT2D eigenvalue weighted by Gasteiger charge is 2.02. The average Bonchev–Trinajstić information content (AvgIpc) is 2.52. The molecule has 0 spiro atoms. The summed E-state index contributed by atoms with van der Waals surface area (Å²) in [5, 5.41) is 5.77. The van der Waals surface area contributed by atoms with Crippen molar-refractivity contribution in [1.29, 1.82) is 0 Å². The van der Waals surface area contributed by atoms with Gasteiger partial charge in [-0.1, -0.05) is 54.9 Å². The van der Waals surface area contributed by atoms with E-state index in [2.05, 4.69) is 50.2 Å². The van der Waals surface area contributed by atoms with E-state index >= 15 is 0 Å². The average molecular weight is 388 g/mol. The maximum Gasteiger partial charge on any atom is 0.220 e. The van der Waals surface area contributed by atoms with Crippen LogP contribution in [0.1, 0.15) is 87.0 Å². The molecule has 0 aromatic rings. The van der Waals surface area contributed by atoms with Gasteiger partial charge in [-0.05, 0) is 45.2 Å². The summed E-state index contributed by atoms with van der Waals surface area (Å²) >= 11 is 0. The number of nitrogens with one attached hydrogen (secondary N) is 2. The molecule has 5 nitrogen and oxygen atoms in total. The molecular formula is C22H49N3O2. The second-order valence-electron chi connectivity index (χ2n) is 8.08. The molecule has 0 aromatic heterocycles. The minimum atomic E-state index is 0. The van der Waals surface area contributed by atoms with E-state index in [-0.39, 0.29) is 19.2 Å². The van der Waals surface area contributed by atoms with Crippen LogP contribution in [0.2, 0.25) is 0 Å². The molecule has 5 heteroatoms. The van der Waals surface area contributed by atoms with E-state index in [9.17, 15) is 9.59 Å². The SMILES string of the molecule is C.CC(C)CCCC(=O)NCCN(C)C.CCCNC(=O)CCCC(C)C. The molecule has 2 N–H and O–H groups in total. The van der Waals surface area contributed by atoms with Gasteiger partial charge in [-0.15, -0.1) is 0 Å². The van der Waals surface area contributed by atoms with Gasteiger partial charge in [0.25, 0.3) is 0 Å². The highest BCUT2D eigenvalue weighted by Crippen LogP contribution is 2.06. The lowest BCUT2D eigenvalue weighted by atomic mass is 10.1. The van der Waals surface area contributed by atoms with E-state index in [1.807, 2.05) is 14.1 Å². The van der Waals surface area contributed by atoms with Gasteiger partial charge in [0.15, 0.2) is 0 Å². The third kappa shape index (κ3) is 29.9. The van der Waals surface area contributed by atoms with Crippen molar-refractivity contribution in [3.05, 3.63) is 0 Å². The molecule has 0 fully saturated rings. The van der Waals surface area contributed by atoms with Gasteiger partial charge in [0.1, 0.15) is 0 Å². The molecule has 0 atom stereocenters. The molecule has 0 aliphatic carbocycles. The second kappa shape index (κ2) is 21.2. The predicted octanol–water partition coefficient (Wildman–Crippen LogP) is 4.47. The fourth-order valence-corrected chi connectivity index (χ4v) is 2.20. The van der Waals surface area contributed by atoms with Crippen molar-refractivity contribution in [3.63, 3.8) is 0 Å². The summed E-state index contributed by atoms with van der Waals surface area (Å²) in [6.45, 7) is 13.3. The first-order valence-corrected chi connectivity index (χ1v) is 10.4. The van der Waals surface area contributed by atoms with Crippen molar-refractivity contribution >= 4 is 11.8 Å².